The third-order valence-corrected chi connectivity index (χ3v) is 3.30. The van der Waals surface area contributed by atoms with E-state index in [0.717, 1.165) is 23.2 Å². The van der Waals surface area contributed by atoms with Crippen LogP contribution in [0.1, 0.15) is 31.9 Å². The maximum absolute atomic E-state index is 5.27. The number of methoxy groups -OCH3 is 1. The van der Waals surface area contributed by atoms with E-state index in [4.69, 9.17) is 4.74 Å². The summed E-state index contributed by atoms with van der Waals surface area (Å²) < 4.78 is 6.37. The van der Waals surface area contributed by atoms with E-state index < -0.39 is 0 Å². The Kier molecular flexibility index (Phi) is 5.72. The highest BCUT2D eigenvalue weighted by Crippen LogP contribution is 2.30. The molecule has 0 aliphatic carbocycles. The summed E-state index contributed by atoms with van der Waals surface area (Å²) in [6.45, 7) is 9.09. The van der Waals surface area contributed by atoms with Crippen LogP contribution in [0.3, 0.4) is 0 Å². The Morgan fingerprint density at radius 1 is 1.53 bits per heavy atom. The lowest BCUT2D eigenvalue weighted by Gasteiger charge is -2.20. The van der Waals surface area contributed by atoms with Gasteiger partial charge in [-0.1, -0.05) is 28.4 Å². The summed E-state index contributed by atoms with van der Waals surface area (Å²) in [6.07, 6.45) is 0.930. The first kappa shape index (κ1) is 14.3. The first-order chi connectivity index (χ1) is 8.08. The molecule has 0 saturated carbocycles. The van der Waals surface area contributed by atoms with E-state index in [0.29, 0.717) is 0 Å². The fraction of sp³-hybridized carbons (Fsp3) is 0.429. The minimum absolute atomic E-state index is 0.280. The molecule has 0 aromatic heterocycles. The van der Waals surface area contributed by atoms with Crippen molar-refractivity contribution >= 4 is 15.9 Å². The lowest BCUT2D eigenvalue weighted by molar-refractivity contribution is 0.412. The SMILES string of the molecule is C=C(C)CC(NCC)c1cc(OC)ccc1Br. The van der Waals surface area contributed by atoms with E-state index in [-0.39, 0.29) is 6.04 Å². The molecule has 0 heterocycles. The quantitative estimate of drug-likeness (QED) is 0.799. The Labute approximate surface area is 112 Å². The van der Waals surface area contributed by atoms with Gasteiger partial charge in [0.1, 0.15) is 5.75 Å². The van der Waals surface area contributed by atoms with E-state index in [2.05, 4.69) is 47.7 Å². The topological polar surface area (TPSA) is 21.3 Å². The van der Waals surface area contributed by atoms with Crippen LogP contribution in [0, 0.1) is 0 Å². The minimum Gasteiger partial charge on any atom is -0.497 e. The Hall–Kier alpha value is -0.800. The molecule has 0 spiro atoms. The zero-order chi connectivity index (χ0) is 12.8. The van der Waals surface area contributed by atoms with Gasteiger partial charge < -0.3 is 10.1 Å². The molecule has 1 N–H and O–H groups in total. The van der Waals surface area contributed by atoms with Crippen LogP contribution in [0.25, 0.3) is 0 Å². The third-order valence-electron chi connectivity index (χ3n) is 2.58. The maximum Gasteiger partial charge on any atom is 0.119 e. The van der Waals surface area contributed by atoms with Crippen molar-refractivity contribution in [2.24, 2.45) is 0 Å². The van der Waals surface area contributed by atoms with E-state index in [1.807, 2.05) is 12.1 Å². The van der Waals surface area contributed by atoms with Gasteiger partial charge in [-0.3, -0.25) is 0 Å². The zero-order valence-electron chi connectivity index (χ0n) is 10.7. The first-order valence-electron chi connectivity index (χ1n) is 5.79. The lowest BCUT2D eigenvalue weighted by Crippen LogP contribution is -2.21. The molecule has 0 aliphatic rings. The van der Waals surface area contributed by atoms with Gasteiger partial charge in [0.05, 0.1) is 7.11 Å². The van der Waals surface area contributed by atoms with Crippen LogP contribution in [0.15, 0.2) is 34.8 Å². The first-order valence-corrected chi connectivity index (χ1v) is 6.59. The molecule has 0 amide bonds. The Morgan fingerprint density at radius 3 is 2.76 bits per heavy atom. The lowest BCUT2D eigenvalue weighted by atomic mass is 10.00. The maximum atomic E-state index is 5.27. The van der Waals surface area contributed by atoms with Crippen LogP contribution in [-0.4, -0.2) is 13.7 Å². The summed E-state index contributed by atoms with van der Waals surface area (Å²) in [5.74, 6) is 0.882. The number of benzene rings is 1. The molecule has 0 fully saturated rings. The highest BCUT2D eigenvalue weighted by atomic mass is 79.9. The van der Waals surface area contributed by atoms with Gasteiger partial charge in [0, 0.05) is 10.5 Å². The molecule has 1 aromatic rings. The molecule has 17 heavy (non-hydrogen) atoms. The van der Waals surface area contributed by atoms with Crippen LogP contribution in [0.2, 0.25) is 0 Å². The van der Waals surface area contributed by atoms with Crippen LogP contribution in [-0.2, 0) is 0 Å². The fourth-order valence-corrected chi connectivity index (χ4v) is 2.33. The van der Waals surface area contributed by atoms with Crippen molar-refractivity contribution in [1.29, 1.82) is 0 Å². The van der Waals surface area contributed by atoms with Crippen molar-refractivity contribution in [2.45, 2.75) is 26.3 Å². The van der Waals surface area contributed by atoms with Crippen LogP contribution in [0.5, 0.6) is 5.75 Å². The van der Waals surface area contributed by atoms with Crippen molar-refractivity contribution < 1.29 is 4.74 Å². The molecule has 0 bridgehead atoms. The zero-order valence-corrected chi connectivity index (χ0v) is 12.3. The Balaban J connectivity index is 3.02. The average molecular weight is 298 g/mol. The van der Waals surface area contributed by atoms with Crippen LogP contribution < -0.4 is 10.1 Å². The van der Waals surface area contributed by atoms with E-state index in [1.165, 1.54) is 11.1 Å². The highest BCUT2D eigenvalue weighted by Gasteiger charge is 2.14. The Bertz CT molecular complexity index is 390. The van der Waals surface area contributed by atoms with Crippen molar-refractivity contribution in [3.63, 3.8) is 0 Å². The van der Waals surface area contributed by atoms with Gasteiger partial charge in [-0.2, -0.15) is 0 Å². The van der Waals surface area contributed by atoms with Gasteiger partial charge in [0.2, 0.25) is 0 Å². The molecule has 94 valence electrons. The summed E-state index contributed by atoms with van der Waals surface area (Å²) in [5.41, 5.74) is 2.39. The van der Waals surface area contributed by atoms with Crippen molar-refractivity contribution in [3.05, 3.63) is 40.4 Å². The molecule has 1 unspecified atom stereocenters. The number of hydrogen-bond acceptors (Lipinski definition) is 2. The molecule has 1 rings (SSSR count). The predicted octanol–water partition coefficient (Wildman–Crippen LogP) is 4.07. The largest absolute Gasteiger partial charge is 0.497 e. The second-order valence-electron chi connectivity index (χ2n) is 4.16. The second-order valence-corrected chi connectivity index (χ2v) is 5.01. The molecule has 0 aliphatic heterocycles. The molecule has 1 atom stereocenters. The molecule has 3 heteroatoms. The summed E-state index contributed by atoms with van der Waals surface area (Å²) >= 11 is 3.59. The van der Waals surface area contributed by atoms with Gasteiger partial charge >= 0.3 is 0 Å². The standard InChI is InChI=1S/C14H20BrNO/c1-5-16-14(8-10(2)3)12-9-11(17-4)6-7-13(12)15/h6-7,9,14,16H,2,5,8H2,1,3-4H3. The van der Waals surface area contributed by atoms with Crippen molar-refractivity contribution in [3.8, 4) is 5.75 Å². The van der Waals surface area contributed by atoms with E-state index in [9.17, 15) is 0 Å². The third kappa shape index (κ3) is 4.17. The number of halogens is 1. The van der Waals surface area contributed by atoms with Crippen LogP contribution >= 0.6 is 15.9 Å². The molecule has 1 aromatic carbocycles. The number of hydrogen-bond donors (Lipinski definition) is 1. The number of nitrogens with one attached hydrogen (secondary N) is 1. The molecular formula is C14H20BrNO. The monoisotopic (exact) mass is 297 g/mol. The van der Waals surface area contributed by atoms with Gasteiger partial charge in [-0.15, -0.1) is 6.58 Å². The van der Waals surface area contributed by atoms with Gasteiger partial charge in [-0.25, -0.2) is 0 Å². The van der Waals surface area contributed by atoms with Crippen LogP contribution in [0.4, 0.5) is 0 Å². The second kappa shape index (κ2) is 6.82. The summed E-state index contributed by atoms with van der Waals surface area (Å²) in [5, 5.41) is 3.48. The molecule has 2 nitrogen and oxygen atoms in total. The number of rotatable bonds is 6. The highest BCUT2D eigenvalue weighted by molar-refractivity contribution is 9.10. The van der Waals surface area contributed by atoms with Crippen molar-refractivity contribution in [2.75, 3.05) is 13.7 Å². The van der Waals surface area contributed by atoms with Gasteiger partial charge in [-0.05, 0) is 43.7 Å². The molecule has 0 saturated heterocycles. The van der Waals surface area contributed by atoms with Crippen molar-refractivity contribution in [1.82, 2.24) is 5.32 Å². The molecular weight excluding hydrogens is 278 g/mol. The smallest absolute Gasteiger partial charge is 0.119 e. The van der Waals surface area contributed by atoms with Gasteiger partial charge in [0.15, 0.2) is 0 Å². The summed E-state index contributed by atoms with van der Waals surface area (Å²) in [6, 6.07) is 6.33. The van der Waals surface area contributed by atoms with Gasteiger partial charge in [0.25, 0.3) is 0 Å². The fourth-order valence-electron chi connectivity index (χ4n) is 1.80. The minimum atomic E-state index is 0.280. The van der Waals surface area contributed by atoms with E-state index >= 15 is 0 Å². The number of ether oxygens (including phenoxy) is 1. The Morgan fingerprint density at radius 2 is 2.24 bits per heavy atom. The molecule has 0 radical (unpaired) electrons. The van der Waals surface area contributed by atoms with E-state index in [1.54, 1.807) is 7.11 Å². The summed E-state index contributed by atoms with van der Waals surface area (Å²) in [4.78, 5) is 0. The normalized spacial score (nSPS) is 12.2. The summed E-state index contributed by atoms with van der Waals surface area (Å²) in [7, 11) is 1.69. The predicted molar refractivity (Wildman–Crippen MR) is 76.5 cm³/mol. The average Bonchev–Trinajstić information content (AvgIpc) is 2.28.